The Morgan fingerprint density at radius 3 is 2.53 bits per heavy atom. The maximum atomic E-state index is 13.3. The number of aryl methyl sites for hydroxylation is 1. The number of aromatic nitrogens is 2. The van der Waals surface area contributed by atoms with Crippen LogP contribution in [-0.2, 0) is 6.54 Å². The van der Waals surface area contributed by atoms with E-state index in [2.05, 4.69) is 10.1 Å². The van der Waals surface area contributed by atoms with Gasteiger partial charge in [0.05, 0.1) is 6.10 Å². The topological polar surface area (TPSA) is 68.5 Å². The van der Waals surface area contributed by atoms with E-state index in [1.165, 1.54) is 0 Å². The second kappa shape index (κ2) is 8.69. The van der Waals surface area contributed by atoms with Crippen molar-refractivity contribution in [2.75, 3.05) is 0 Å². The predicted octanol–water partition coefficient (Wildman–Crippen LogP) is 5.27. The van der Waals surface area contributed by atoms with Gasteiger partial charge in [0.2, 0.25) is 11.7 Å². The summed E-state index contributed by atoms with van der Waals surface area (Å²) in [6, 6.07) is 15.2. The van der Waals surface area contributed by atoms with Crippen molar-refractivity contribution < 1.29 is 14.1 Å². The van der Waals surface area contributed by atoms with Gasteiger partial charge in [-0.05, 0) is 65.8 Å². The third-order valence-corrected chi connectivity index (χ3v) is 4.55. The van der Waals surface area contributed by atoms with Gasteiger partial charge in [-0.25, -0.2) is 0 Å². The predicted molar refractivity (Wildman–Crippen MR) is 116 cm³/mol. The monoisotopic (exact) mass is 407 g/mol. The van der Waals surface area contributed by atoms with Crippen LogP contribution in [0.1, 0.15) is 56.4 Å². The number of nitrogens with zero attached hydrogens (tertiary/aromatic N) is 3. The van der Waals surface area contributed by atoms with Crippen molar-refractivity contribution >= 4 is 5.91 Å². The summed E-state index contributed by atoms with van der Waals surface area (Å²) in [6.45, 7) is 12.1. The van der Waals surface area contributed by atoms with Gasteiger partial charge in [0.1, 0.15) is 12.3 Å². The first-order chi connectivity index (χ1) is 14.1. The summed E-state index contributed by atoms with van der Waals surface area (Å²) in [5, 5.41) is 4.10. The van der Waals surface area contributed by atoms with Gasteiger partial charge in [-0.15, -0.1) is 0 Å². The zero-order chi connectivity index (χ0) is 21.9. The van der Waals surface area contributed by atoms with Crippen LogP contribution in [0.15, 0.2) is 53.1 Å². The molecule has 0 N–H and O–H groups in total. The largest absolute Gasteiger partial charge is 0.491 e. The van der Waals surface area contributed by atoms with E-state index in [-0.39, 0.29) is 18.6 Å². The average molecular weight is 408 g/mol. The van der Waals surface area contributed by atoms with Crippen LogP contribution >= 0.6 is 0 Å². The van der Waals surface area contributed by atoms with E-state index in [1.807, 2.05) is 77.9 Å². The van der Waals surface area contributed by atoms with E-state index in [1.54, 1.807) is 17.0 Å². The Hall–Kier alpha value is -3.15. The molecule has 6 nitrogen and oxygen atoms in total. The molecule has 0 bridgehead atoms. The number of carbonyl (C=O) groups is 1. The van der Waals surface area contributed by atoms with E-state index in [9.17, 15) is 4.79 Å². The van der Waals surface area contributed by atoms with Crippen LogP contribution in [0.4, 0.5) is 0 Å². The zero-order valence-electron chi connectivity index (χ0n) is 18.5. The molecule has 0 saturated carbocycles. The highest BCUT2D eigenvalue weighted by Crippen LogP contribution is 2.24. The summed E-state index contributed by atoms with van der Waals surface area (Å²) in [6.07, 6.45) is 0.0347. The molecule has 3 aromatic rings. The van der Waals surface area contributed by atoms with Gasteiger partial charge in [-0.1, -0.05) is 35.0 Å². The molecule has 3 rings (SSSR count). The summed E-state index contributed by atoms with van der Waals surface area (Å²) < 4.78 is 11.2. The van der Waals surface area contributed by atoms with Gasteiger partial charge in [0.25, 0.3) is 5.91 Å². The fraction of sp³-hybridized carbons (Fsp3) is 0.375. The minimum Gasteiger partial charge on any atom is -0.491 e. The number of carbonyl (C=O) groups excluding carboxylic acids is 1. The van der Waals surface area contributed by atoms with Gasteiger partial charge < -0.3 is 14.2 Å². The maximum absolute atomic E-state index is 13.3. The SMILES string of the molecule is Cc1cccc(-c2noc(CN(C(=O)c3cccc(OC(C)C)c3)C(C)(C)C)n2)c1. The van der Waals surface area contributed by atoms with Crippen LogP contribution in [0.3, 0.4) is 0 Å². The van der Waals surface area contributed by atoms with Crippen LogP contribution in [0.25, 0.3) is 11.4 Å². The van der Waals surface area contributed by atoms with Crippen LogP contribution in [0.5, 0.6) is 5.75 Å². The quantitative estimate of drug-likeness (QED) is 0.556. The molecule has 0 atom stereocenters. The van der Waals surface area contributed by atoms with Crippen molar-refractivity contribution in [3.8, 4) is 17.1 Å². The molecular weight excluding hydrogens is 378 g/mol. The third-order valence-electron chi connectivity index (χ3n) is 4.55. The molecule has 1 aromatic heterocycles. The number of amides is 1. The van der Waals surface area contributed by atoms with E-state index in [0.717, 1.165) is 11.1 Å². The van der Waals surface area contributed by atoms with E-state index in [0.29, 0.717) is 23.0 Å². The summed E-state index contributed by atoms with van der Waals surface area (Å²) in [5.74, 6) is 1.46. The molecule has 0 aliphatic rings. The van der Waals surface area contributed by atoms with Crippen molar-refractivity contribution in [3.05, 3.63) is 65.5 Å². The number of rotatable bonds is 6. The first-order valence-electron chi connectivity index (χ1n) is 10.1. The van der Waals surface area contributed by atoms with Crippen LogP contribution < -0.4 is 4.74 Å². The average Bonchev–Trinajstić information content (AvgIpc) is 3.13. The van der Waals surface area contributed by atoms with Gasteiger partial charge >= 0.3 is 0 Å². The molecule has 1 amide bonds. The van der Waals surface area contributed by atoms with Crippen molar-refractivity contribution in [1.82, 2.24) is 15.0 Å². The standard InChI is InChI=1S/C24H29N3O3/c1-16(2)29-20-12-8-11-19(14-20)23(28)27(24(4,5)6)15-21-25-22(26-30-21)18-10-7-9-17(3)13-18/h7-14,16H,15H2,1-6H3. The fourth-order valence-corrected chi connectivity index (χ4v) is 3.10. The Morgan fingerprint density at radius 2 is 1.87 bits per heavy atom. The third kappa shape index (κ3) is 5.26. The Labute approximate surface area is 177 Å². The lowest BCUT2D eigenvalue weighted by Gasteiger charge is -2.34. The lowest BCUT2D eigenvalue weighted by atomic mass is 10.0. The van der Waals surface area contributed by atoms with E-state index >= 15 is 0 Å². The van der Waals surface area contributed by atoms with Crippen molar-refractivity contribution in [1.29, 1.82) is 0 Å². The molecule has 0 aliphatic heterocycles. The Morgan fingerprint density at radius 1 is 1.13 bits per heavy atom. The highest BCUT2D eigenvalue weighted by atomic mass is 16.5. The van der Waals surface area contributed by atoms with Gasteiger partial charge in [-0.2, -0.15) is 4.98 Å². The summed E-state index contributed by atoms with van der Waals surface area (Å²) in [5.41, 5.74) is 2.12. The van der Waals surface area contributed by atoms with Crippen LogP contribution in [0.2, 0.25) is 0 Å². The molecule has 0 spiro atoms. The summed E-state index contributed by atoms with van der Waals surface area (Å²) in [7, 11) is 0. The highest BCUT2D eigenvalue weighted by molar-refractivity contribution is 5.95. The number of benzene rings is 2. The first kappa shape index (κ1) is 21.6. The number of hydrogen-bond acceptors (Lipinski definition) is 5. The fourth-order valence-electron chi connectivity index (χ4n) is 3.10. The minimum absolute atomic E-state index is 0.0347. The van der Waals surface area contributed by atoms with E-state index in [4.69, 9.17) is 9.26 Å². The molecule has 0 fully saturated rings. The number of ether oxygens (including phenoxy) is 1. The van der Waals surface area contributed by atoms with Gasteiger partial charge in [-0.3, -0.25) is 4.79 Å². The highest BCUT2D eigenvalue weighted by Gasteiger charge is 2.29. The van der Waals surface area contributed by atoms with Crippen LogP contribution in [-0.4, -0.2) is 32.6 Å². The Bertz CT molecular complexity index is 1020. The Kier molecular flexibility index (Phi) is 6.25. The molecule has 6 heteroatoms. The maximum Gasteiger partial charge on any atom is 0.254 e. The number of hydrogen-bond donors (Lipinski definition) is 0. The smallest absolute Gasteiger partial charge is 0.254 e. The second-order valence-corrected chi connectivity index (χ2v) is 8.64. The van der Waals surface area contributed by atoms with Crippen molar-refractivity contribution in [2.45, 2.75) is 59.7 Å². The molecule has 158 valence electrons. The minimum atomic E-state index is -0.441. The molecule has 0 unspecified atom stereocenters. The lowest BCUT2D eigenvalue weighted by Crippen LogP contribution is -2.45. The van der Waals surface area contributed by atoms with Gasteiger partial charge in [0, 0.05) is 16.7 Å². The molecule has 1 heterocycles. The van der Waals surface area contributed by atoms with Crippen molar-refractivity contribution in [3.63, 3.8) is 0 Å². The summed E-state index contributed by atoms with van der Waals surface area (Å²) >= 11 is 0. The lowest BCUT2D eigenvalue weighted by molar-refractivity contribution is 0.0525. The second-order valence-electron chi connectivity index (χ2n) is 8.64. The Balaban J connectivity index is 1.85. The molecule has 0 radical (unpaired) electrons. The first-order valence-corrected chi connectivity index (χ1v) is 10.1. The summed E-state index contributed by atoms with van der Waals surface area (Å²) in [4.78, 5) is 19.6. The molecule has 0 aliphatic carbocycles. The normalized spacial score (nSPS) is 11.6. The molecule has 0 saturated heterocycles. The zero-order valence-corrected chi connectivity index (χ0v) is 18.5. The van der Waals surface area contributed by atoms with Gasteiger partial charge in [0.15, 0.2) is 0 Å². The van der Waals surface area contributed by atoms with Crippen molar-refractivity contribution in [2.24, 2.45) is 0 Å². The van der Waals surface area contributed by atoms with E-state index < -0.39 is 5.54 Å². The molecular formula is C24H29N3O3. The molecule has 2 aromatic carbocycles. The molecule has 30 heavy (non-hydrogen) atoms. The van der Waals surface area contributed by atoms with Crippen LogP contribution in [0, 0.1) is 6.92 Å².